The molecule has 1 aromatic rings. The molecule has 0 aliphatic heterocycles. The van der Waals surface area contributed by atoms with Crippen molar-refractivity contribution >= 4 is 11.8 Å². The number of nitrogens with one attached hydrogen (secondary N) is 1. The molecular weight excluding hydrogens is 214 g/mol. The molecule has 1 aromatic carbocycles. The molecule has 0 bridgehead atoms. The number of aryl methyl sites for hydroxylation is 1. The smallest absolute Gasteiger partial charge is 0.0545 e. The van der Waals surface area contributed by atoms with Crippen molar-refractivity contribution in [3.05, 3.63) is 35.4 Å². The van der Waals surface area contributed by atoms with Gasteiger partial charge >= 0.3 is 0 Å². The van der Waals surface area contributed by atoms with Gasteiger partial charge in [0.1, 0.15) is 0 Å². The van der Waals surface area contributed by atoms with Crippen LogP contribution in [0.25, 0.3) is 0 Å². The topological polar surface area (TPSA) is 12.0 Å². The second kappa shape index (κ2) is 7.38. The fraction of sp³-hybridized carbons (Fsp3) is 0.429. The first-order chi connectivity index (χ1) is 7.74. The van der Waals surface area contributed by atoms with Gasteiger partial charge in [0.25, 0.3) is 0 Å². The molecular formula is C14H19NS. The first kappa shape index (κ1) is 13.2. The largest absolute Gasteiger partial charge is 0.309 e. The average Bonchev–Trinajstić information content (AvgIpc) is 2.29. The fourth-order valence-electron chi connectivity index (χ4n) is 1.45. The summed E-state index contributed by atoms with van der Waals surface area (Å²) in [5.41, 5.74) is 2.65. The van der Waals surface area contributed by atoms with Gasteiger partial charge in [-0.3, -0.25) is 0 Å². The summed E-state index contributed by atoms with van der Waals surface area (Å²) in [6.07, 6.45) is 5.18. The lowest BCUT2D eigenvalue weighted by Gasteiger charge is -2.14. The van der Waals surface area contributed by atoms with Gasteiger partial charge in [0.15, 0.2) is 0 Å². The van der Waals surface area contributed by atoms with Gasteiger partial charge in [-0.2, -0.15) is 0 Å². The normalized spacial score (nSPS) is 12.1. The SMILES string of the molecule is C#CCSCCNC(C)c1ccc(C)cc1. The minimum absolute atomic E-state index is 0.409. The van der Waals surface area contributed by atoms with E-state index in [0.29, 0.717) is 6.04 Å². The predicted octanol–water partition coefficient (Wildman–Crippen LogP) is 3.01. The van der Waals surface area contributed by atoms with Crippen LogP contribution in [0, 0.1) is 19.3 Å². The molecule has 0 heterocycles. The predicted molar refractivity (Wildman–Crippen MR) is 73.8 cm³/mol. The summed E-state index contributed by atoms with van der Waals surface area (Å²) in [5.74, 6) is 4.50. The van der Waals surface area contributed by atoms with E-state index < -0.39 is 0 Å². The molecule has 0 aliphatic carbocycles. The molecule has 0 saturated heterocycles. The lowest BCUT2D eigenvalue weighted by molar-refractivity contribution is 0.601. The monoisotopic (exact) mass is 233 g/mol. The molecule has 0 amide bonds. The third kappa shape index (κ3) is 4.74. The minimum atomic E-state index is 0.409. The Bertz CT molecular complexity index is 337. The van der Waals surface area contributed by atoms with Crippen molar-refractivity contribution in [1.82, 2.24) is 5.32 Å². The van der Waals surface area contributed by atoms with Crippen molar-refractivity contribution in [2.24, 2.45) is 0 Å². The Morgan fingerprint density at radius 1 is 1.38 bits per heavy atom. The van der Waals surface area contributed by atoms with E-state index in [1.54, 1.807) is 11.8 Å². The number of thioether (sulfide) groups is 1. The number of rotatable bonds is 6. The quantitative estimate of drug-likeness (QED) is 0.599. The van der Waals surface area contributed by atoms with E-state index in [2.05, 4.69) is 49.4 Å². The summed E-state index contributed by atoms with van der Waals surface area (Å²) in [4.78, 5) is 0. The average molecular weight is 233 g/mol. The number of benzene rings is 1. The highest BCUT2D eigenvalue weighted by Crippen LogP contribution is 2.12. The van der Waals surface area contributed by atoms with Crippen LogP contribution in [0.2, 0.25) is 0 Å². The molecule has 1 N–H and O–H groups in total. The van der Waals surface area contributed by atoms with E-state index in [1.165, 1.54) is 11.1 Å². The van der Waals surface area contributed by atoms with E-state index >= 15 is 0 Å². The van der Waals surface area contributed by atoms with E-state index in [4.69, 9.17) is 6.42 Å². The Kier molecular flexibility index (Phi) is 6.07. The Morgan fingerprint density at radius 2 is 2.06 bits per heavy atom. The zero-order valence-electron chi connectivity index (χ0n) is 9.99. The van der Waals surface area contributed by atoms with Crippen LogP contribution in [-0.2, 0) is 0 Å². The zero-order valence-corrected chi connectivity index (χ0v) is 10.8. The second-order valence-electron chi connectivity index (χ2n) is 3.84. The Hall–Kier alpha value is -0.910. The summed E-state index contributed by atoms with van der Waals surface area (Å²) >= 11 is 1.79. The maximum absolute atomic E-state index is 5.18. The first-order valence-electron chi connectivity index (χ1n) is 5.55. The Labute approximate surface area is 103 Å². The van der Waals surface area contributed by atoms with Crippen LogP contribution in [0.1, 0.15) is 24.1 Å². The number of hydrogen-bond acceptors (Lipinski definition) is 2. The highest BCUT2D eigenvalue weighted by molar-refractivity contribution is 7.99. The first-order valence-corrected chi connectivity index (χ1v) is 6.70. The lowest BCUT2D eigenvalue weighted by atomic mass is 10.1. The molecule has 0 aliphatic rings. The van der Waals surface area contributed by atoms with Crippen molar-refractivity contribution in [2.45, 2.75) is 19.9 Å². The van der Waals surface area contributed by atoms with Gasteiger partial charge in [0.05, 0.1) is 5.75 Å². The zero-order chi connectivity index (χ0) is 11.8. The van der Waals surface area contributed by atoms with Gasteiger partial charge in [0, 0.05) is 18.3 Å². The van der Waals surface area contributed by atoms with Crippen molar-refractivity contribution in [1.29, 1.82) is 0 Å². The van der Waals surface area contributed by atoms with Gasteiger partial charge in [-0.15, -0.1) is 18.2 Å². The standard InChI is InChI=1S/C14H19NS/c1-4-10-16-11-9-15-13(3)14-7-5-12(2)6-8-14/h1,5-8,13,15H,9-11H2,2-3H3. The summed E-state index contributed by atoms with van der Waals surface area (Å²) in [6.45, 7) is 5.30. The summed E-state index contributed by atoms with van der Waals surface area (Å²) in [7, 11) is 0. The second-order valence-corrected chi connectivity index (χ2v) is 4.95. The third-order valence-corrected chi connectivity index (χ3v) is 3.32. The molecule has 0 radical (unpaired) electrons. The molecule has 0 spiro atoms. The van der Waals surface area contributed by atoms with Crippen molar-refractivity contribution < 1.29 is 0 Å². The van der Waals surface area contributed by atoms with E-state index in [-0.39, 0.29) is 0 Å². The van der Waals surface area contributed by atoms with Crippen LogP contribution >= 0.6 is 11.8 Å². The molecule has 1 atom stereocenters. The van der Waals surface area contributed by atoms with Gasteiger partial charge in [-0.25, -0.2) is 0 Å². The molecule has 0 fully saturated rings. The molecule has 1 unspecified atom stereocenters. The molecule has 0 saturated carbocycles. The fourth-order valence-corrected chi connectivity index (χ4v) is 1.98. The van der Waals surface area contributed by atoms with Gasteiger partial charge in [-0.1, -0.05) is 35.7 Å². The lowest BCUT2D eigenvalue weighted by Crippen LogP contribution is -2.21. The van der Waals surface area contributed by atoms with Crippen LogP contribution in [0.5, 0.6) is 0 Å². The van der Waals surface area contributed by atoms with Gasteiger partial charge in [0.2, 0.25) is 0 Å². The summed E-state index contributed by atoms with van der Waals surface area (Å²) < 4.78 is 0. The molecule has 1 rings (SSSR count). The van der Waals surface area contributed by atoms with Gasteiger partial charge in [-0.05, 0) is 19.4 Å². The molecule has 0 aromatic heterocycles. The number of terminal acetylenes is 1. The highest BCUT2D eigenvalue weighted by atomic mass is 32.2. The van der Waals surface area contributed by atoms with E-state index in [0.717, 1.165) is 18.1 Å². The summed E-state index contributed by atoms with van der Waals surface area (Å²) in [5, 5.41) is 3.49. The van der Waals surface area contributed by atoms with Gasteiger partial charge < -0.3 is 5.32 Å². The molecule has 16 heavy (non-hydrogen) atoms. The van der Waals surface area contributed by atoms with Crippen LogP contribution in [0.15, 0.2) is 24.3 Å². The van der Waals surface area contributed by atoms with Crippen molar-refractivity contribution in [3.8, 4) is 12.3 Å². The van der Waals surface area contributed by atoms with Crippen LogP contribution in [-0.4, -0.2) is 18.1 Å². The van der Waals surface area contributed by atoms with Crippen molar-refractivity contribution in [2.75, 3.05) is 18.1 Å². The van der Waals surface area contributed by atoms with Crippen LogP contribution < -0.4 is 5.32 Å². The molecule has 2 heteroatoms. The Balaban J connectivity index is 2.27. The Morgan fingerprint density at radius 3 is 2.69 bits per heavy atom. The minimum Gasteiger partial charge on any atom is -0.309 e. The summed E-state index contributed by atoms with van der Waals surface area (Å²) in [6, 6.07) is 9.08. The maximum Gasteiger partial charge on any atom is 0.0545 e. The van der Waals surface area contributed by atoms with Crippen LogP contribution in [0.3, 0.4) is 0 Å². The van der Waals surface area contributed by atoms with Crippen LogP contribution in [0.4, 0.5) is 0 Å². The third-order valence-electron chi connectivity index (χ3n) is 2.46. The maximum atomic E-state index is 5.18. The molecule has 86 valence electrons. The molecule has 1 nitrogen and oxygen atoms in total. The van der Waals surface area contributed by atoms with E-state index in [1.807, 2.05) is 0 Å². The van der Waals surface area contributed by atoms with E-state index in [9.17, 15) is 0 Å². The van der Waals surface area contributed by atoms with Crippen molar-refractivity contribution in [3.63, 3.8) is 0 Å². The highest BCUT2D eigenvalue weighted by Gasteiger charge is 2.02. The number of hydrogen-bond donors (Lipinski definition) is 1.